The molecule has 0 rings (SSSR count). The Bertz CT molecular complexity index is 1440. The maximum atomic E-state index is 12.8. The molecule has 0 aliphatic carbocycles. The lowest BCUT2D eigenvalue weighted by Crippen LogP contribution is -2.30. The van der Waals surface area contributed by atoms with E-state index in [0.717, 1.165) is 148 Å². The van der Waals surface area contributed by atoms with Crippen molar-refractivity contribution in [3.63, 3.8) is 0 Å². The largest absolute Gasteiger partial charge is 0.462 e. The van der Waals surface area contributed by atoms with Crippen molar-refractivity contribution in [1.29, 1.82) is 0 Å². The third kappa shape index (κ3) is 52.6. The average Bonchev–Trinajstić information content (AvgIpc) is 3.33. The Morgan fingerprint density at radius 2 is 0.537 bits per heavy atom. The van der Waals surface area contributed by atoms with Gasteiger partial charge in [0.05, 0.1) is 0 Å². The fourth-order valence-electron chi connectivity index (χ4n) is 6.99. The van der Waals surface area contributed by atoms with Gasteiger partial charge in [-0.15, -0.1) is 0 Å². The number of ether oxygens (including phenoxy) is 3. The van der Waals surface area contributed by atoms with Crippen LogP contribution in [-0.2, 0) is 28.6 Å². The molecule has 0 radical (unpaired) electrons. The van der Waals surface area contributed by atoms with Crippen LogP contribution in [0.5, 0.6) is 0 Å². The van der Waals surface area contributed by atoms with Crippen LogP contribution in [0.2, 0.25) is 0 Å². The first-order chi connectivity index (χ1) is 33.0. The molecule has 6 nitrogen and oxygen atoms in total. The Balaban J connectivity index is 4.47. The summed E-state index contributed by atoms with van der Waals surface area (Å²) in [4.78, 5) is 38.1. The van der Waals surface area contributed by atoms with E-state index in [1.165, 1.54) is 38.5 Å². The van der Waals surface area contributed by atoms with Gasteiger partial charge in [-0.25, -0.2) is 0 Å². The average molecular weight is 927 g/mol. The topological polar surface area (TPSA) is 78.9 Å². The molecule has 0 fully saturated rings. The molecule has 0 saturated heterocycles. The fraction of sp³-hybridized carbons (Fsp3) is 0.623. The predicted octanol–water partition coefficient (Wildman–Crippen LogP) is 18.1. The molecule has 0 aromatic carbocycles. The molecule has 0 aromatic heterocycles. The first kappa shape index (κ1) is 62.8. The van der Waals surface area contributed by atoms with Crippen LogP contribution >= 0.6 is 0 Å². The van der Waals surface area contributed by atoms with E-state index in [9.17, 15) is 14.4 Å². The lowest BCUT2D eigenvalue weighted by Gasteiger charge is -2.18. The van der Waals surface area contributed by atoms with Crippen LogP contribution in [-0.4, -0.2) is 37.2 Å². The van der Waals surface area contributed by atoms with Gasteiger partial charge in [0.1, 0.15) is 13.2 Å². The van der Waals surface area contributed by atoms with Gasteiger partial charge in [0.2, 0.25) is 0 Å². The van der Waals surface area contributed by atoms with Crippen molar-refractivity contribution in [2.45, 2.75) is 232 Å². The molecule has 0 saturated carbocycles. The van der Waals surface area contributed by atoms with Crippen LogP contribution in [0, 0.1) is 0 Å². The van der Waals surface area contributed by atoms with E-state index < -0.39 is 6.10 Å². The van der Waals surface area contributed by atoms with Crippen LogP contribution < -0.4 is 0 Å². The summed E-state index contributed by atoms with van der Waals surface area (Å²) in [6.07, 6.45) is 74.7. The lowest BCUT2D eigenvalue weighted by molar-refractivity contribution is -0.167. The zero-order chi connectivity index (χ0) is 48.6. The molecule has 67 heavy (non-hydrogen) atoms. The third-order valence-corrected chi connectivity index (χ3v) is 10.9. The number of unbranched alkanes of at least 4 members (excludes halogenated alkanes) is 16. The Hall–Kier alpha value is -4.19. The molecule has 0 N–H and O–H groups in total. The SMILES string of the molecule is CC/C=C\C/C=C\C/C=C\C/C=C\CCCCCCCCC(=O)OCC(COC(=O)CCCCC/C=C\C/C=C\C/C=C\CC)OC(=O)CCCCCCCCC/C=C\C/C=C\C/C=C\CC. The van der Waals surface area contributed by atoms with Crippen molar-refractivity contribution in [3.05, 3.63) is 122 Å². The summed E-state index contributed by atoms with van der Waals surface area (Å²) in [5, 5.41) is 0. The van der Waals surface area contributed by atoms with Crippen LogP contribution in [0.25, 0.3) is 0 Å². The standard InChI is InChI=1S/C61H98O6/c1-4-7-10-13-16-19-22-25-27-29-30-32-33-36-39-42-45-48-51-54-60(63)66-57-58(56-65-59(62)53-50-47-44-41-38-35-24-21-18-15-12-9-6-3)67-61(64)55-52-49-46-43-40-37-34-31-28-26-23-20-17-14-11-8-5-2/h7-12,16-21,25-28,30,32,35,38,58H,4-6,13-15,22-24,29,31,33-34,36-37,39-57H2,1-3H3/b10-7-,11-8-,12-9-,19-16-,20-17-,21-18-,27-25-,28-26-,32-30-,38-35-. The summed E-state index contributed by atoms with van der Waals surface area (Å²) in [6.45, 7) is 6.24. The van der Waals surface area contributed by atoms with Gasteiger partial charge in [-0.05, 0) is 122 Å². The second-order valence-corrected chi connectivity index (χ2v) is 17.3. The Kier molecular flexibility index (Phi) is 51.0. The minimum absolute atomic E-state index is 0.103. The van der Waals surface area contributed by atoms with Gasteiger partial charge < -0.3 is 14.2 Å². The summed E-state index contributed by atoms with van der Waals surface area (Å²) < 4.78 is 16.8. The van der Waals surface area contributed by atoms with E-state index in [4.69, 9.17) is 14.2 Å². The van der Waals surface area contributed by atoms with Gasteiger partial charge in [0.15, 0.2) is 6.10 Å². The normalized spacial score (nSPS) is 13.1. The highest BCUT2D eigenvalue weighted by molar-refractivity contribution is 5.71. The maximum Gasteiger partial charge on any atom is 0.306 e. The number of esters is 3. The first-order valence-corrected chi connectivity index (χ1v) is 27.0. The molecule has 0 aliphatic rings. The predicted molar refractivity (Wildman–Crippen MR) is 288 cm³/mol. The Morgan fingerprint density at radius 3 is 0.851 bits per heavy atom. The summed E-state index contributed by atoms with van der Waals surface area (Å²) in [6, 6.07) is 0. The zero-order valence-corrected chi connectivity index (χ0v) is 43.1. The van der Waals surface area contributed by atoms with E-state index >= 15 is 0 Å². The van der Waals surface area contributed by atoms with Gasteiger partial charge in [-0.1, -0.05) is 206 Å². The summed E-state index contributed by atoms with van der Waals surface area (Å²) in [5.74, 6) is -0.960. The molecule has 0 spiro atoms. The number of rotatable bonds is 47. The second kappa shape index (κ2) is 54.4. The number of hydrogen-bond donors (Lipinski definition) is 0. The highest BCUT2D eigenvalue weighted by atomic mass is 16.6. The van der Waals surface area contributed by atoms with Crippen molar-refractivity contribution in [1.82, 2.24) is 0 Å². The van der Waals surface area contributed by atoms with Gasteiger partial charge in [0, 0.05) is 19.3 Å². The van der Waals surface area contributed by atoms with Crippen molar-refractivity contribution in [2.24, 2.45) is 0 Å². The van der Waals surface area contributed by atoms with Gasteiger partial charge >= 0.3 is 17.9 Å². The highest BCUT2D eigenvalue weighted by Gasteiger charge is 2.19. The van der Waals surface area contributed by atoms with Gasteiger partial charge in [-0.3, -0.25) is 14.4 Å². The molecular formula is C61H98O6. The molecular weight excluding hydrogens is 829 g/mol. The summed E-state index contributed by atoms with van der Waals surface area (Å²) in [7, 11) is 0. The maximum absolute atomic E-state index is 12.8. The zero-order valence-electron chi connectivity index (χ0n) is 43.1. The van der Waals surface area contributed by atoms with E-state index in [1.54, 1.807) is 0 Å². The third-order valence-electron chi connectivity index (χ3n) is 10.9. The van der Waals surface area contributed by atoms with E-state index in [2.05, 4.69) is 142 Å². The Labute approximate surface area is 412 Å². The van der Waals surface area contributed by atoms with Crippen LogP contribution in [0.4, 0.5) is 0 Å². The Morgan fingerprint density at radius 1 is 0.299 bits per heavy atom. The van der Waals surface area contributed by atoms with E-state index in [1.807, 2.05) is 0 Å². The quantitative estimate of drug-likeness (QED) is 0.0262. The molecule has 6 heteroatoms. The molecule has 0 heterocycles. The van der Waals surface area contributed by atoms with Gasteiger partial charge in [-0.2, -0.15) is 0 Å². The molecule has 0 bridgehead atoms. The van der Waals surface area contributed by atoms with E-state index in [0.29, 0.717) is 19.3 Å². The fourth-order valence-corrected chi connectivity index (χ4v) is 6.99. The van der Waals surface area contributed by atoms with Crippen molar-refractivity contribution >= 4 is 17.9 Å². The number of carbonyl (C=O) groups excluding carboxylic acids is 3. The smallest absolute Gasteiger partial charge is 0.306 e. The highest BCUT2D eigenvalue weighted by Crippen LogP contribution is 2.14. The van der Waals surface area contributed by atoms with Crippen LogP contribution in [0.3, 0.4) is 0 Å². The number of hydrogen-bond acceptors (Lipinski definition) is 6. The molecule has 378 valence electrons. The summed E-state index contributed by atoms with van der Waals surface area (Å²) >= 11 is 0. The monoisotopic (exact) mass is 927 g/mol. The molecule has 0 aliphatic heterocycles. The second-order valence-electron chi connectivity index (χ2n) is 17.3. The van der Waals surface area contributed by atoms with Crippen molar-refractivity contribution in [2.75, 3.05) is 13.2 Å². The van der Waals surface area contributed by atoms with Gasteiger partial charge in [0.25, 0.3) is 0 Å². The molecule has 1 atom stereocenters. The van der Waals surface area contributed by atoms with Crippen molar-refractivity contribution < 1.29 is 28.6 Å². The lowest BCUT2D eigenvalue weighted by atomic mass is 10.1. The minimum atomic E-state index is -0.805. The molecule has 0 amide bonds. The summed E-state index contributed by atoms with van der Waals surface area (Å²) in [5.41, 5.74) is 0. The van der Waals surface area contributed by atoms with Crippen molar-refractivity contribution in [3.8, 4) is 0 Å². The van der Waals surface area contributed by atoms with E-state index in [-0.39, 0.29) is 31.1 Å². The number of allylic oxidation sites excluding steroid dienone is 20. The first-order valence-electron chi connectivity index (χ1n) is 27.0. The molecule has 0 aromatic rings. The van der Waals surface area contributed by atoms with Crippen LogP contribution in [0.1, 0.15) is 226 Å². The minimum Gasteiger partial charge on any atom is -0.462 e. The van der Waals surface area contributed by atoms with Crippen LogP contribution in [0.15, 0.2) is 122 Å². The number of carbonyl (C=O) groups is 3. The molecule has 1 unspecified atom stereocenters.